The van der Waals surface area contributed by atoms with E-state index in [0.29, 0.717) is 18.7 Å². The zero-order chi connectivity index (χ0) is 18.2. The Morgan fingerprint density at radius 1 is 0.960 bits per heavy atom. The Kier molecular flexibility index (Phi) is 6.70. The van der Waals surface area contributed by atoms with Crippen molar-refractivity contribution in [2.24, 2.45) is 0 Å². The van der Waals surface area contributed by atoms with Crippen LogP contribution in [-0.4, -0.2) is 10.8 Å². The van der Waals surface area contributed by atoms with Crippen LogP contribution >= 0.6 is 0 Å². The van der Waals surface area contributed by atoms with Crippen LogP contribution in [0.2, 0.25) is 0 Å². The number of ketones is 1. The van der Waals surface area contributed by atoms with Crippen LogP contribution in [0.4, 0.5) is 0 Å². The lowest BCUT2D eigenvalue weighted by Crippen LogP contribution is -2.02. The topological polar surface area (TPSA) is 43.1 Å². The third kappa shape index (κ3) is 4.90. The van der Waals surface area contributed by atoms with E-state index in [0.717, 1.165) is 28.1 Å². The monoisotopic (exact) mass is 335 g/mol. The summed E-state index contributed by atoms with van der Waals surface area (Å²) in [5.74, 6) is 1.52. The van der Waals surface area contributed by atoms with E-state index in [1.165, 1.54) is 0 Å². The molecule has 0 aliphatic heterocycles. The molecule has 0 bridgehead atoms. The van der Waals surface area contributed by atoms with Crippen molar-refractivity contribution in [1.82, 2.24) is 4.98 Å². The van der Waals surface area contributed by atoms with Crippen molar-refractivity contribution < 1.29 is 9.21 Å². The molecule has 1 aromatic heterocycles. The Bertz CT molecular complexity index is 802. The molecule has 0 fully saturated rings. The van der Waals surface area contributed by atoms with Crippen LogP contribution in [0.3, 0.4) is 0 Å². The number of carbonyl (C=O) groups excluding carboxylic acids is 1. The van der Waals surface area contributed by atoms with Gasteiger partial charge in [-0.3, -0.25) is 4.79 Å². The summed E-state index contributed by atoms with van der Waals surface area (Å²) in [5.41, 5.74) is 3.71. The fraction of sp³-hybridized carbons (Fsp3) is 0.273. The quantitative estimate of drug-likeness (QED) is 0.553. The minimum Gasteiger partial charge on any atom is -0.441 e. The van der Waals surface area contributed by atoms with E-state index < -0.39 is 0 Å². The molecule has 130 valence electrons. The van der Waals surface area contributed by atoms with Crippen LogP contribution < -0.4 is 0 Å². The maximum Gasteiger partial charge on any atom is 0.226 e. The maximum absolute atomic E-state index is 12.3. The molecule has 0 aliphatic rings. The molecule has 25 heavy (non-hydrogen) atoms. The van der Waals surface area contributed by atoms with Crippen molar-refractivity contribution in [2.75, 3.05) is 0 Å². The predicted molar refractivity (Wildman–Crippen MR) is 102 cm³/mol. The average Bonchev–Trinajstić information content (AvgIpc) is 3.03. The molecule has 0 atom stereocenters. The lowest BCUT2D eigenvalue weighted by atomic mass is 10.0. The molecule has 3 rings (SSSR count). The number of rotatable bonds is 5. The third-order valence-corrected chi connectivity index (χ3v) is 3.88. The number of nitrogens with zero attached hydrogens (tertiary/aromatic N) is 1. The molecule has 0 unspecified atom stereocenters. The molecule has 3 heteroatoms. The second-order valence-corrected chi connectivity index (χ2v) is 5.68. The molecule has 0 amide bonds. The van der Waals surface area contributed by atoms with Gasteiger partial charge >= 0.3 is 0 Å². The molecule has 0 spiro atoms. The second-order valence-electron chi connectivity index (χ2n) is 5.68. The number of Topliss-reactive ketones (excluding diaryl/α,β-unsaturated/α-hetero) is 1. The summed E-state index contributed by atoms with van der Waals surface area (Å²) in [6.07, 6.45) is 1.03. The molecule has 3 nitrogen and oxygen atoms in total. The Morgan fingerprint density at radius 2 is 1.60 bits per heavy atom. The number of carbonyl (C=O) groups is 1. The summed E-state index contributed by atoms with van der Waals surface area (Å²) >= 11 is 0. The number of oxazole rings is 1. The molecule has 3 aromatic rings. The van der Waals surface area contributed by atoms with E-state index in [1.807, 2.05) is 82.3 Å². The highest BCUT2D eigenvalue weighted by Gasteiger charge is 2.13. The minimum atomic E-state index is 0.133. The molecular weight excluding hydrogens is 310 g/mol. The first-order valence-corrected chi connectivity index (χ1v) is 8.75. The molecule has 0 radical (unpaired) electrons. The number of aryl methyl sites for hydroxylation is 3. The largest absolute Gasteiger partial charge is 0.441 e. The van der Waals surface area contributed by atoms with E-state index in [-0.39, 0.29) is 5.78 Å². The van der Waals surface area contributed by atoms with Gasteiger partial charge in [0.15, 0.2) is 5.78 Å². The van der Waals surface area contributed by atoms with Gasteiger partial charge in [-0.25, -0.2) is 4.98 Å². The summed E-state index contributed by atoms with van der Waals surface area (Å²) in [5, 5.41) is 0. The van der Waals surface area contributed by atoms with Gasteiger partial charge in [-0.2, -0.15) is 0 Å². The van der Waals surface area contributed by atoms with Crippen LogP contribution in [0.5, 0.6) is 0 Å². The molecule has 0 N–H and O–H groups in total. The highest BCUT2D eigenvalue weighted by molar-refractivity contribution is 5.96. The van der Waals surface area contributed by atoms with Crippen LogP contribution in [-0.2, 0) is 6.42 Å². The Morgan fingerprint density at radius 3 is 2.24 bits per heavy atom. The van der Waals surface area contributed by atoms with Crippen molar-refractivity contribution in [3.05, 3.63) is 77.2 Å². The molecule has 1 heterocycles. The average molecular weight is 335 g/mol. The van der Waals surface area contributed by atoms with Crippen molar-refractivity contribution in [3.63, 3.8) is 0 Å². The molecule has 2 aromatic carbocycles. The van der Waals surface area contributed by atoms with Gasteiger partial charge in [-0.1, -0.05) is 61.9 Å². The van der Waals surface area contributed by atoms with Gasteiger partial charge in [-0.05, 0) is 26.0 Å². The summed E-state index contributed by atoms with van der Waals surface area (Å²) in [4.78, 5) is 16.8. The van der Waals surface area contributed by atoms with Crippen LogP contribution in [0, 0.1) is 13.8 Å². The number of benzene rings is 2. The van der Waals surface area contributed by atoms with E-state index in [1.54, 1.807) is 0 Å². The van der Waals surface area contributed by atoms with Crippen LogP contribution in [0.15, 0.2) is 59.0 Å². The van der Waals surface area contributed by atoms with Gasteiger partial charge in [0, 0.05) is 24.0 Å². The smallest absolute Gasteiger partial charge is 0.226 e. The van der Waals surface area contributed by atoms with Crippen LogP contribution in [0.25, 0.3) is 11.5 Å². The Labute approximate surface area is 149 Å². The molecule has 0 saturated heterocycles. The molecule has 0 aliphatic carbocycles. The summed E-state index contributed by atoms with van der Waals surface area (Å²) in [6, 6.07) is 17.5. The van der Waals surface area contributed by atoms with Crippen molar-refractivity contribution in [1.29, 1.82) is 0 Å². The normalized spacial score (nSPS) is 10.1. The zero-order valence-electron chi connectivity index (χ0n) is 15.4. The number of hydrogen-bond acceptors (Lipinski definition) is 3. The molecular formula is C22H25NO2. The highest BCUT2D eigenvalue weighted by Crippen LogP contribution is 2.22. The fourth-order valence-electron chi connectivity index (χ4n) is 2.48. The minimum absolute atomic E-state index is 0.133. The molecule has 0 saturated carbocycles. The predicted octanol–water partition coefficient (Wildman–Crippen LogP) is 5.80. The van der Waals surface area contributed by atoms with E-state index >= 15 is 0 Å². The van der Waals surface area contributed by atoms with Crippen LogP contribution in [0.1, 0.15) is 47.6 Å². The summed E-state index contributed by atoms with van der Waals surface area (Å²) in [6.45, 7) is 7.91. The fourth-order valence-corrected chi connectivity index (χ4v) is 2.48. The van der Waals surface area contributed by atoms with Gasteiger partial charge in [0.1, 0.15) is 5.76 Å². The highest BCUT2D eigenvalue weighted by atomic mass is 16.4. The summed E-state index contributed by atoms with van der Waals surface area (Å²) < 4.78 is 5.73. The van der Waals surface area contributed by atoms with Gasteiger partial charge in [-0.15, -0.1) is 0 Å². The van der Waals surface area contributed by atoms with Crippen molar-refractivity contribution >= 4 is 5.78 Å². The number of aromatic nitrogens is 1. The van der Waals surface area contributed by atoms with Crippen molar-refractivity contribution in [2.45, 2.75) is 40.5 Å². The lowest BCUT2D eigenvalue weighted by Gasteiger charge is -2.00. The first-order chi connectivity index (χ1) is 12.1. The second kappa shape index (κ2) is 8.97. The van der Waals surface area contributed by atoms with Gasteiger partial charge in [0.25, 0.3) is 0 Å². The first-order valence-electron chi connectivity index (χ1n) is 8.75. The van der Waals surface area contributed by atoms with Crippen molar-refractivity contribution in [3.8, 4) is 11.5 Å². The first kappa shape index (κ1) is 18.7. The number of hydrogen-bond donors (Lipinski definition) is 0. The Hall–Kier alpha value is -2.68. The Balaban J connectivity index is 0.00000109. The lowest BCUT2D eigenvalue weighted by molar-refractivity contribution is 0.0982. The summed E-state index contributed by atoms with van der Waals surface area (Å²) in [7, 11) is 0. The van der Waals surface area contributed by atoms with E-state index in [4.69, 9.17) is 4.42 Å². The van der Waals surface area contributed by atoms with Gasteiger partial charge < -0.3 is 4.42 Å². The zero-order valence-corrected chi connectivity index (χ0v) is 15.4. The SMILES string of the molecule is CC.Cc1ccc(C(=O)CCc2nc(-c3ccccc3)oc2C)cc1. The third-order valence-electron chi connectivity index (χ3n) is 3.88. The standard InChI is InChI=1S/C20H19NO2.C2H6/c1-14-8-10-16(11-9-14)19(22)13-12-18-15(2)23-20(21-18)17-6-4-3-5-7-17;1-2/h3-11H,12-13H2,1-2H3;1-2H3. The van der Waals surface area contributed by atoms with Gasteiger partial charge in [0.05, 0.1) is 5.69 Å². The van der Waals surface area contributed by atoms with Gasteiger partial charge in [0.2, 0.25) is 5.89 Å². The maximum atomic E-state index is 12.3. The van der Waals surface area contributed by atoms with E-state index in [9.17, 15) is 4.79 Å². The van der Waals surface area contributed by atoms with E-state index in [2.05, 4.69) is 4.98 Å².